The predicted molar refractivity (Wildman–Crippen MR) is 80.4 cm³/mol. The minimum atomic E-state index is 0.570. The molecule has 0 aliphatic heterocycles. The number of benzene rings is 1. The molecule has 5 heteroatoms. The minimum absolute atomic E-state index is 0.570. The Kier molecular flexibility index (Phi) is 4.85. The van der Waals surface area contributed by atoms with E-state index in [-0.39, 0.29) is 0 Å². The lowest BCUT2D eigenvalue weighted by molar-refractivity contribution is 0.468. The molecule has 0 amide bonds. The van der Waals surface area contributed by atoms with E-state index in [1.54, 1.807) is 18.1 Å². The summed E-state index contributed by atoms with van der Waals surface area (Å²) in [5.41, 5.74) is 1.12. The van der Waals surface area contributed by atoms with Crippen molar-refractivity contribution in [3.63, 3.8) is 0 Å². The van der Waals surface area contributed by atoms with Crippen molar-refractivity contribution in [2.24, 2.45) is 5.92 Å². The van der Waals surface area contributed by atoms with Crippen LogP contribution in [0, 0.1) is 5.92 Å². The standard InChI is InChI=1S/C14H20N4S/c1-11(2)9-18-14(16-10-17-18)8-15-12-5-4-6-13(7-12)19-3/h4-7,10-11,15H,8-9H2,1-3H3. The van der Waals surface area contributed by atoms with Crippen molar-refractivity contribution in [3.05, 3.63) is 36.4 Å². The fraction of sp³-hybridized carbons (Fsp3) is 0.429. The van der Waals surface area contributed by atoms with E-state index >= 15 is 0 Å². The highest BCUT2D eigenvalue weighted by Crippen LogP contribution is 2.19. The number of hydrogen-bond acceptors (Lipinski definition) is 4. The van der Waals surface area contributed by atoms with Crippen LogP contribution in [0.15, 0.2) is 35.5 Å². The van der Waals surface area contributed by atoms with Crippen LogP contribution in [0.1, 0.15) is 19.7 Å². The van der Waals surface area contributed by atoms with Gasteiger partial charge in [-0.25, -0.2) is 9.67 Å². The van der Waals surface area contributed by atoms with Gasteiger partial charge in [-0.05, 0) is 30.4 Å². The van der Waals surface area contributed by atoms with Crippen LogP contribution >= 0.6 is 11.8 Å². The zero-order valence-corrected chi connectivity index (χ0v) is 12.4. The van der Waals surface area contributed by atoms with E-state index in [4.69, 9.17) is 0 Å². The van der Waals surface area contributed by atoms with Gasteiger partial charge in [0.25, 0.3) is 0 Å². The molecule has 102 valence electrons. The van der Waals surface area contributed by atoms with E-state index in [1.165, 1.54) is 4.90 Å². The molecule has 0 bridgehead atoms. The van der Waals surface area contributed by atoms with Crippen molar-refractivity contribution in [2.45, 2.75) is 31.8 Å². The van der Waals surface area contributed by atoms with Crippen molar-refractivity contribution >= 4 is 17.4 Å². The van der Waals surface area contributed by atoms with Crippen LogP contribution in [0.5, 0.6) is 0 Å². The summed E-state index contributed by atoms with van der Waals surface area (Å²) in [6.07, 6.45) is 3.70. The number of aromatic nitrogens is 3. The molecule has 0 saturated heterocycles. The number of thioether (sulfide) groups is 1. The second-order valence-corrected chi connectivity index (χ2v) is 5.72. The second-order valence-electron chi connectivity index (χ2n) is 4.84. The molecule has 0 atom stereocenters. The Balaban J connectivity index is 2.00. The molecule has 0 spiro atoms. The van der Waals surface area contributed by atoms with Crippen molar-refractivity contribution in [3.8, 4) is 0 Å². The molecule has 1 heterocycles. The zero-order chi connectivity index (χ0) is 13.7. The summed E-state index contributed by atoms with van der Waals surface area (Å²) in [4.78, 5) is 5.57. The average molecular weight is 276 g/mol. The third-order valence-electron chi connectivity index (χ3n) is 2.75. The Bertz CT molecular complexity index is 522. The van der Waals surface area contributed by atoms with Gasteiger partial charge in [0.05, 0.1) is 6.54 Å². The maximum atomic E-state index is 4.31. The second kappa shape index (κ2) is 6.61. The number of nitrogens with zero attached hydrogens (tertiary/aromatic N) is 3. The Morgan fingerprint density at radius 3 is 2.95 bits per heavy atom. The first kappa shape index (κ1) is 13.9. The summed E-state index contributed by atoms with van der Waals surface area (Å²) in [5, 5.41) is 7.66. The SMILES string of the molecule is CSc1cccc(NCc2ncnn2CC(C)C)c1. The van der Waals surface area contributed by atoms with Gasteiger partial charge in [-0.2, -0.15) is 5.10 Å². The van der Waals surface area contributed by atoms with Gasteiger partial charge in [0.15, 0.2) is 0 Å². The molecule has 1 aromatic carbocycles. The van der Waals surface area contributed by atoms with Crippen LogP contribution in [0.4, 0.5) is 5.69 Å². The average Bonchev–Trinajstić information content (AvgIpc) is 2.83. The monoisotopic (exact) mass is 276 g/mol. The summed E-state index contributed by atoms with van der Waals surface area (Å²) >= 11 is 1.74. The van der Waals surface area contributed by atoms with Crippen LogP contribution in [0.3, 0.4) is 0 Å². The first-order valence-corrected chi connectivity index (χ1v) is 7.66. The van der Waals surface area contributed by atoms with E-state index in [0.29, 0.717) is 12.5 Å². The predicted octanol–water partition coefficient (Wildman–Crippen LogP) is 3.27. The summed E-state index contributed by atoms with van der Waals surface area (Å²) in [7, 11) is 0. The van der Waals surface area contributed by atoms with Crippen molar-refractivity contribution in [2.75, 3.05) is 11.6 Å². The Morgan fingerprint density at radius 1 is 1.37 bits per heavy atom. The summed E-state index contributed by atoms with van der Waals surface area (Å²) in [6.45, 7) is 5.97. The molecule has 0 aliphatic rings. The Morgan fingerprint density at radius 2 is 2.21 bits per heavy atom. The first-order chi connectivity index (χ1) is 9.19. The molecule has 2 rings (SSSR count). The molecule has 4 nitrogen and oxygen atoms in total. The zero-order valence-electron chi connectivity index (χ0n) is 11.6. The van der Waals surface area contributed by atoms with Crippen LogP contribution in [-0.2, 0) is 13.1 Å². The van der Waals surface area contributed by atoms with Gasteiger partial charge in [-0.3, -0.25) is 0 Å². The molecule has 0 radical (unpaired) electrons. The van der Waals surface area contributed by atoms with Gasteiger partial charge in [0.2, 0.25) is 0 Å². The molecular weight excluding hydrogens is 256 g/mol. The molecule has 0 fully saturated rings. The van der Waals surface area contributed by atoms with Gasteiger partial charge >= 0.3 is 0 Å². The van der Waals surface area contributed by atoms with Crippen molar-refractivity contribution in [1.29, 1.82) is 0 Å². The summed E-state index contributed by atoms with van der Waals surface area (Å²) in [6, 6.07) is 8.39. The maximum absolute atomic E-state index is 4.31. The Hall–Kier alpha value is -1.49. The third-order valence-corrected chi connectivity index (χ3v) is 3.48. The van der Waals surface area contributed by atoms with Crippen LogP contribution in [-0.4, -0.2) is 21.0 Å². The van der Waals surface area contributed by atoms with Crippen LogP contribution in [0.2, 0.25) is 0 Å². The number of hydrogen-bond donors (Lipinski definition) is 1. The molecule has 1 N–H and O–H groups in total. The van der Waals surface area contributed by atoms with E-state index in [0.717, 1.165) is 18.1 Å². The van der Waals surface area contributed by atoms with Crippen LogP contribution < -0.4 is 5.32 Å². The molecule has 0 unspecified atom stereocenters. The van der Waals surface area contributed by atoms with Crippen molar-refractivity contribution in [1.82, 2.24) is 14.8 Å². The highest BCUT2D eigenvalue weighted by molar-refractivity contribution is 7.98. The minimum Gasteiger partial charge on any atom is -0.378 e. The van der Waals surface area contributed by atoms with E-state index in [9.17, 15) is 0 Å². The fourth-order valence-electron chi connectivity index (χ4n) is 1.84. The lowest BCUT2D eigenvalue weighted by atomic mass is 10.2. The third kappa shape index (κ3) is 3.99. The van der Waals surface area contributed by atoms with E-state index in [1.807, 2.05) is 4.68 Å². The molecule has 2 aromatic rings. The highest BCUT2D eigenvalue weighted by atomic mass is 32.2. The summed E-state index contributed by atoms with van der Waals surface area (Å²) in [5.74, 6) is 1.54. The molecular formula is C14H20N4S. The molecule has 19 heavy (non-hydrogen) atoms. The molecule has 1 aromatic heterocycles. The van der Waals surface area contributed by atoms with Gasteiger partial charge in [-0.15, -0.1) is 11.8 Å². The highest BCUT2D eigenvalue weighted by Gasteiger charge is 2.06. The maximum Gasteiger partial charge on any atom is 0.146 e. The topological polar surface area (TPSA) is 42.7 Å². The van der Waals surface area contributed by atoms with Gasteiger partial charge in [0, 0.05) is 17.1 Å². The molecule has 0 aliphatic carbocycles. The van der Waals surface area contributed by atoms with Crippen LogP contribution in [0.25, 0.3) is 0 Å². The fourth-order valence-corrected chi connectivity index (χ4v) is 2.30. The Labute approximate surface area is 118 Å². The van der Waals surface area contributed by atoms with Gasteiger partial charge in [-0.1, -0.05) is 19.9 Å². The first-order valence-electron chi connectivity index (χ1n) is 6.43. The van der Waals surface area contributed by atoms with E-state index in [2.05, 4.69) is 59.8 Å². The normalized spacial score (nSPS) is 10.9. The van der Waals surface area contributed by atoms with E-state index < -0.39 is 0 Å². The number of nitrogens with one attached hydrogen (secondary N) is 1. The molecule has 0 saturated carbocycles. The lowest BCUT2D eigenvalue weighted by Gasteiger charge is -2.10. The number of rotatable bonds is 6. The largest absolute Gasteiger partial charge is 0.378 e. The summed E-state index contributed by atoms with van der Waals surface area (Å²) < 4.78 is 1.97. The number of anilines is 1. The smallest absolute Gasteiger partial charge is 0.146 e. The lowest BCUT2D eigenvalue weighted by Crippen LogP contribution is -2.13. The quantitative estimate of drug-likeness (QED) is 0.822. The van der Waals surface area contributed by atoms with Crippen molar-refractivity contribution < 1.29 is 0 Å². The van der Waals surface area contributed by atoms with Gasteiger partial charge < -0.3 is 5.32 Å². The van der Waals surface area contributed by atoms with Gasteiger partial charge in [0.1, 0.15) is 12.2 Å².